The Morgan fingerprint density at radius 1 is 1.04 bits per heavy atom. The van der Waals surface area contributed by atoms with E-state index < -0.39 is 0 Å². The van der Waals surface area contributed by atoms with Crippen LogP contribution in [0.4, 0.5) is 0 Å². The smallest absolute Gasteiger partial charge is 0.399 e. The molecule has 154 valence electrons. The molecule has 3 saturated heterocycles. The van der Waals surface area contributed by atoms with Crippen molar-refractivity contribution in [3.63, 3.8) is 0 Å². The predicted octanol–water partition coefficient (Wildman–Crippen LogP) is 3.86. The molecule has 0 bridgehead atoms. The summed E-state index contributed by atoms with van der Waals surface area (Å²) in [5.74, 6) is 0.606. The van der Waals surface area contributed by atoms with E-state index in [1.54, 1.807) is 0 Å². The van der Waals surface area contributed by atoms with Crippen LogP contribution < -0.4 is 5.46 Å². The molecule has 0 N–H and O–H groups in total. The molecule has 0 aliphatic carbocycles. The van der Waals surface area contributed by atoms with Crippen molar-refractivity contribution in [1.29, 1.82) is 0 Å². The fourth-order valence-electron chi connectivity index (χ4n) is 4.74. The molecule has 0 unspecified atom stereocenters. The molecule has 3 aliphatic heterocycles. The minimum atomic E-state index is -0.305. The number of hydrogen-bond donors (Lipinski definition) is 0. The van der Waals surface area contributed by atoms with Crippen LogP contribution in [0.25, 0.3) is 0 Å². The van der Waals surface area contributed by atoms with Crippen molar-refractivity contribution in [2.24, 2.45) is 0 Å². The van der Waals surface area contributed by atoms with Crippen LogP contribution in [-0.4, -0.2) is 49.0 Å². The quantitative estimate of drug-likeness (QED) is 0.737. The minimum absolute atomic E-state index is 0.288. The lowest BCUT2D eigenvalue weighted by molar-refractivity contribution is 0.00578. The maximum atomic E-state index is 6.33. The van der Waals surface area contributed by atoms with Gasteiger partial charge in [-0.1, -0.05) is 18.2 Å². The molecule has 4 nitrogen and oxygen atoms in total. The van der Waals surface area contributed by atoms with E-state index in [9.17, 15) is 0 Å². The van der Waals surface area contributed by atoms with Gasteiger partial charge in [-0.3, -0.25) is 4.90 Å². The van der Waals surface area contributed by atoms with E-state index in [0.717, 1.165) is 38.1 Å². The highest BCUT2D eigenvalue weighted by Gasteiger charge is 2.51. The Balaban J connectivity index is 1.63. The van der Waals surface area contributed by atoms with Crippen LogP contribution in [0.2, 0.25) is 0 Å². The van der Waals surface area contributed by atoms with Gasteiger partial charge in [0.2, 0.25) is 0 Å². The molecular weight excluding hydrogens is 349 g/mol. The molecule has 0 spiro atoms. The molecule has 4 rings (SSSR count). The van der Waals surface area contributed by atoms with Crippen LogP contribution in [0.1, 0.15) is 77.3 Å². The zero-order valence-electron chi connectivity index (χ0n) is 18.3. The van der Waals surface area contributed by atoms with E-state index in [1.165, 1.54) is 30.5 Å². The Hall–Kier alpha value is -0.875. The minimum Gasteiger partial charge on any atom is -0.399 e. The predicted molar refractivity (Wildman–Crippen MR) is 114 cm³/mol. The van der Waals surface area contributed by atoms with Gasteiger partial charge in [-0.2, -0.15) is 0 Å². The van der Waals surface area contributed by atoms with E-state index in [2.05, 4.69) is 57.7 Å². The van der Waals surface area contributed by atoms with Gasteiger partial charge in [-0.05, 0) is 89.4 Å². The second-order valence-electron chi connectivity index (χ2n) is 9.89. The second kappa shape index (κ2) is 7.75. The largest absolute Gasteiger partial charge is 0.494 e. The third kappa shape index (κ3) is 3.91. The van der Waals surface area contributed by atoms with Crippen molar-refractivity contribution in [3.05, 3.63) is 29.3 Å². The van der Waals surface area contributed by atoms with Crippen molar-refractivity contribution in [2.75, 3.05) is 19.8 Å². The SMILES string of the molecule is C[C@@H]1CCCN1Cc1cc(B2OC(C)(C)C(C)(C)O2)ccc1C1CCOCC1. The third-order valence-corrected chi connectivity index (χ3v) is 7.42. The van der Waals surface area contributed by atoms with Gasteiger partial charge in [0.15, 0.2) is 0 Å². The summed E-state index contributed by atoms with van der Waals surface area (Å²) in [6, 6.07) is 7.59. The Morgan fingerprint density at radius 2 is 1.71 bits per heavy atom. The Bertz CT molecular complexity index is 683. The number of benzene rings is 1. The summed E-state index contributed by atoms with van der Waals surface area (Å²) in [7, 11) is -0.288. The fraction of sp³-hybridized carbons (Fsp3) is 0.739. The van der Waals surface area contributed by atoms with E-state index in [-0.39, 0.29) is 18.3 Å². The maximum Gasteiger partial charge on any atom is 0.494 e. The molecule has 3 aliphatic rings. The van der Waals surface area contributed by atoms with Crippen molar-refractivity contribution in [1.82, 2.24) is 4.90 Å². The molecule has 0 amide bonds. The number of rotatable bonds is 4. The van der Waals surface area contributed by atoms with Gasteiger partial charge >= 0.3 is 7.12 Å². The van der Waals surface area contributed by atoms with Crippen LogP contribution in [0, 0.1) is 0 Å². The molecule has 0 saturated carbocycles. The lowest BCUT2D eigenvalue weighted by Gasteiger charge is -2.32. The molecule has 28 heavy (non-hydrogen) atoms. The van der Waals surface area contributed by atoms with Crippen LogP contribution in [0.15, 0.2) is 18.2 Å². The maximum absolute atomic E-state index is 6.33. The number of hydrogen-bond acceptors (Lipinski definition) is 4. The normalized spacial score (nSPS) is 28.2. The van der Waals surface area contributed by atoms with Gasteiger partial charge in [-0.25, -0.2) is 0 Å². The van der Waals surface area contributed by atoms with Crippen LogP contribution in [-0.2, 0) is 20.6 Å². The van der Waals surface area contributed by atoms with Gasteiger partial charge in [0.25, 0.3) is 0 Å². The summed E-state index contributed by atoms with van der Waals surface area (Å²) in [5.41, 5.74) is 3.49. The van der Waals surface area contributed by atoms with Crippen molar-refractivity contribution in [2.45, 2.75) is 90.0 Å². The number of nitrogens with zero attached hydrogens (tertiary/aromatic N) is 1. The van der Waals surface area contributed by atoms with Crippen molar-refractivity contribution in [3.8, 4) is 0 Å². The van der Waals surface area contributed by atoms with Gasteiger partial charge in [0.1, 0.15) is 0 Å². The zero-order chi connectivity index (χ0) is 19.9. The molecule has 1 atom stereocenters. The van der Waals surface area contributed by atoms with Crippen LogP contribution in [0.3, 0.4) is 0 Å². The molecule has 3 heterocycles. The third-order valence-electron chi connectivity index (χ3n) is 7.42. The summed E-state index contributed by atoms with van der Waals surface area (Å²) in [4.78, 5) is 2.63. The zero-order valence-corrected chi connectivity index (χ0v) is 18.3. The summed E-state index contributed by atoms with van der Waals surface area (Å²) in [6.07, 6.45) is 4.87. The second-order valence-corrected chi connectivity index (χ2v) is 9.89. The Kier molecular flexibility index (Phi) is 5.65. The summed E-state index contributed by atoms with van der Waals surface area (Å²) < 4.78 is 18.3. The van der Waals surface area contributed by atoms with Crippen molar-refractivity contribution >= 4 is 12.6 Å². The molecule has 5 heteroatoms. The molecule has 0 radical (unpaired) electrons. The first-order valence-electron chi connectivity index (χ1n) is 11.1. The molecule has 3 fully saturated rings. The van der Waals surface area contributed by atoms with E-state index in [4.69, 9.17) is 14.0 Å². The van der Waals surface area contributed by atoms with Gasteiger partial charge < -0.3 is 14.0 Å². The first-order chi connectivity index (χ1) is 13.3. The molecule has 1 aromatic carbocycles. The van der Waals surface area contributed by atoms with Gasteiger partial charge in [0.05, 0.1) is 11.2 Å². The summed E-state index contributed by atoms with van der Waals surface area (Å²) in [6.45, 7) is 14.8. The number of likely N-dealkylation sites (tertiary alicyclic amines) is 1. The summed E-state index contributed by atoms with van der Waals surface area (Å²) in [5, 5.41) is 0. The Labute approximate surface area is 171 Å². The molecule has 0 aromatic heterocycles. The first kappa shape index (κ1) is 20.4. The van der Waals surface area contributed by atoms with E-state index in [0.29, 0.717) is 12.0 Å². The van der Waals surface area contributed by atoms with E-state index in [1.807, 2.05) is 0 Å². The average Bonchev–Trinajstić information content (AvgIpc) is 3.15. The Morgan fingerprint density at radius 3 is 2.32 bits per heavy atom. The highest BCUT2D eigenvalue weighted by Crippen LogP contribution is 2.37. The van der Waals surface area contributed by atoms with Crippen molar-refractivity contribution < 1.29 is 14.0 Å². The highest BCUT2D eigenvalue weighted by molar-refractivity contribution is 6.62. The van der Waals surface area contributed by atoms with Crippen LogP contribution in [0.5, 0.6) is 0 Å². The first-order valence-corrected chi connectivity index (χ1v) is 11.1. The fourth-order valence-corrected chi connectivity index (χ4v) is 4.74. The average molecular weight is 385 g/mol. The van der Waals surface area contributed by atoms with E-state index >= 15 is 0 Å². The van der Waals surface area contributed by atoms with Crippen LogP contribution >= 0.6 is 0 Å². The molecule has 1 aromatic rings. The lowest BCUT2D eigenvalue weighted by Crippen LogP contribution is -2.41. The van der Waals surface area contributed by atoms with Gasteiger partial charge in [0, 0.05) is 25.8 Å². The molecular formula is C23H36BNO3. The topological polar surface area (TPSA) is 30.9 Å². The lowest BCUT2D eigenvalue weighted by atomic mass is 9.76. The monoisotopic (exact) mass is 385 g/mol. The summed E-state index contributed by atoms with van der Waals surface area (Å²) >= 11 is 0. The van der Waals surface area contributed by atoms with Gasteiger partial charge in [-0.15, -0.1) is 0 Å². The highest BCUT2D eigenvalue weighted by atomic mass is 16.7. The standard InChI is InChI=1S/C23H36BNO3/c1-17-7-6-12-25(17)16-19-15-20(24-27-22(2,3)23(4,5)28-24)8-9-21(19)18-10-13-26-14-11-18/h8-9,15,17-18H,6-7,10-14,16H2,1-5H3/t17-/m1/s1. The number of ether oxygens (including phenoxy) is 1.